The van der Waals surface area contributed by atoms with Crippen LogP contribution < -0.4 is 4.74 Å². The summed E-state index contributed by atoms with van der Waals surface area (Å²) < 4.78 is 17.1. The summed E-state index contributed by atoms with van der Waals surface area (Å²) in [5.41, 5.74) is 0.188. The molecule has 1 unspecified atom stereocenters. The molecule has 1 fully saturated rings. The molecule has 1 atom stereocenters. The van der Waals surface area contributed by atoms with Crippen LogP contribution in [-0.4, -0.2) is 33.5 Å². The minimum Gasteiger partial charge on any atom is -0.610 e. The van der Waals surface area contributed by atoms with E-state index in [1.54, 1.807) is 0 Å². The predicted octanol–water partition coefficient (Wildman–Crippen LogP) is 3.01. The Bertz CT molecular complexity index is 562. The maximum atomic E-state index is 11.9. The van der Waals surface area contributed by atoms with Crippen molar-refractivity contribution in [3.63, 3.8) is 0 Å². The molecule has 0 radical (unpaired) electrons. The van der Waals surface area contributed by atoms with E-state index in [4.69, 9.17) is 21.4 Å². The van der Waals surface area contributed by atoms with E-state index < -0.39 is 17.1 Å². The summed E-state index contributed by atoms with van der Waals surface area (Å²) in [7, 11) is 1.45. The number of hydrogen-bond acceptors (Lipinski definition) is 4. The molecule has 0 aromatic heterocycles. The summed E-state index contributed by atoms with van der Waals surface area (Å²) in [5, 5.41) is 9.62. The van der Waals surface area contributed by atoms with E-state index in [1.807, 2.05) is 0 Å². The topological polar surface area (TPSA) is 82.0 Å². The Kier molecular flexibility index (Phi) is 4.91. The van der Waals surface area contributed by atoms with Gasteiger partial charge in [-0.1, -0.05) is 11.6 Å². The molecule has 1 aliphatic heterocycles. The number of methoxy groups -OCH3 is 1. The molecule has 1 aromatic rings. The Balaban J connectivity index is 2.50. The molecule has 1 aliphatic rings. The molecule has 0 saturated carbocycles. The van der Waals surface area contributed by atoms with Gasteiger partial charge in [0.2, 0.25) is 5.04 Å². The van der Waals surface area contributed by atoms with Crippen LogP contribution in [-0.2, 0) is 11.2 Å². The zero-order valence-electron chi connectivity index (χ0n) is 10.9. The molecule has 1 saturated heterocycles. The molecular formula is C13H14ClNO4S. The first-order valence-electron chi connectivity index (χ1n) is 6.10. The van der Waals surface area contributed by atoms with Gasteiger partial charge >= 0.3 is 5.97 Å². The largest absolute Gasteiger partial charge is 0.610 e. The molecule has 20 heavy (non-hydrogen) atoms. The van der Waals surface area contributed by atoms with Crippen LogP contribution in [0.4, 0.5) is 5.69 Å². The van der Waals surface area contributed by atoms with Crippen molar-refractivity contribution >= 4 is 39.5 Å². The maximum Gasteiger partial charge on any atom is 0.337 e. The second-order valence-electron chi connectivity index (χ2n) is 4.30. The van der Waals surface area contributed by atoms with Crippen LogP contribution in [0.3, 0.4) is 0 Å². The molecule has 1 aromatic carbocycles. The van der Waals surface area contributed by atoms with E-state index in [9.17, 15) is 9.35 Å². The van der Waals surface area contributed by atoms with Gasteiger partial charge < -0.3 is 14.4 Å². The first-order chi connectivity index (χ1) is 9.54. The summed E-state index contributed by atoms with van der Waals surface area (Å²) in [5.74, 6) is -0.184. The molecule has 0 aliphatic carbocycles. The molecule has 2 rings (SSSR count). The number of carboxylic acids is 1. The highest BCUT2D eigenvalue weighted by Crippen LogP contribution is 2.38. The lowest BCUT2D eigenvalue weighted by Gasteiger charge is -2.18. The quantitative estimate of drug-likeness (QED) is 0.869. The summed E-state index contributed by atoms with van der Waals surface area (Å²) in [6.07, 6.45) is 2.46. The molecule has 1 heterocycles. The van der Waals surface area contributed by atoms with Crippen molar-refractivity contribution in [2.45, 2.75) is 19.3 Å². The third kappa shape index (κ3) is 3.08. The third-order valence-corrected chi connectivity index (χ3v) is 4.86. The Labute approximate surface area is 124 Å². The fraction of sp³-hybridized carbons (Fsp3) is 0.385. The summed E-state index contributed by atoms with van der Waals surface area (Å²) in [6.45, 7) is 0. The van der Waals surface area contributed by atoms with Crippen molar-refractivity contribution in [1.82, 2.24) is 0 Å². The maximum absolute atomic E-state index is 11.9. The van der Waals surface area contributed by atoms with Crippen LogP contribution in [0.15, 0.2) is 17.1 Å². The normalized spacial score (nSPS) is 20.9. The zero-order chi connectivity index (χ0) is 14.7. The Morgan fingerprint density at radius 2 is 2.25 bits per heavy atom. The molecule has 0 spiro atoms. The Morgan fingerprint density at radius 3 is 2.85 bits per heavy atom. The highest BCUT2D eigenvalue weighted by molar-refractivity contribution is 8.06. The van der Waals surface area contributed by atoms with Crippen LogP contribution >= 0.6 is 11.6 Å². The molecule has 7 heteroatoms. The minimum absolute atomic E-state index is 0.00641. The van der Waals surface area contributed by atoms with Crippen molar-refractivity contribution in [3.8, 4) is 5.75 Å². The van der Waals surface area contributed by atoms with Crippen LogP contribution in [0.1, 0.15) is 29.6 Å². The first-order valence-corrected chi connectivity index (χ1v) is 7.80. The van der Waals surface area contributed by atoms with Crippen molar-refractivity contribution in [3.05, 3.63) is 22.7 Å². The molecule has 1 N–H and O–H groups in total. The van der Waals surface area contributed by atoms with E-state index in [0.717, 1.165) is 12.8 Å². The number of aliphatic imine (C=N–C) groups is 1. The number of ether oxygens (including phenoxy) is 1. The Hall–Kier alpha value is -1.24. The second kappa shape index (κ2) is 6.47. The molecule has 0 amide bonds. The third-order valence-electron chi connectivity index (χ3n) is 3.00. The molecule has 5 nitrogen and oxygen atoms in total. The SMILES string of the molecule is COc1ccc(C(=O)O)c(Cl)c1N=C1CCCC[S+]1[O-]. The highest BCUT2D eigenvalue weighted by Gasteiger charge is 2.24. The second-order valence-corrected chi connectivity index (χ2v) is 6.24. The number of carbonyl (C=O) groups is 1. The van der Waals surface area contributed by atoms with Gasteiger partial charge in [-0.05, 0) is 25.0 Å². The van der Waals surface area contributed by atoms with E-state index in [2.05, 4.69) is 4.99 Å². The van der Waals surface area contributed by atoms with Gasteiger partial charge in [-0.3, -0.25) is 0 Å². The van der Waals surface area contributed by atoms with Gasteiger partial charge in [0.1, 0.15) is 17.2 Å². The predicted molar refractivity (Wildman–Crippen MR) is 78.9 cm³/mol. The molecule has 0 bridgehead atoms. The number of benzene rings is 1. The van der Waals surface area contributed by atoms with Crippen molar-refractivity contribution < 1.29 is 19.2 Å². The lowest BCUT2D eigenvalue weighted by Crippen LogP contribution is -2.23. The monoisotopic (exact) mass is 315 g/mol. The van der Waals surface area contributed by atoms with Crippen molar-refractivity contribution in [2.24, 2.45) is 4.99 Å². The first kappa shape index (κ1) is 15.2. The van der Waals surface area contributed by atoms with Gasteiger partial charge in [-0.25, -0.2) is 9.79 Å². The number of rotatable bonds is 3. The Morgan fingerprint density at radius 1 is 1.50 bits per heavy atom. The fourth-order valence-electron chi connectivity index (χ4n) is 1.95. The summed E-state index contributed by atoms with van der Waals surface area (Å²) in [6, 6.07) is 2.87. The zero-order valence-corrected chi connectivity index (χ0v) is 12.5. The number of nitrogens with zero attached hydrogens (tertiary/aromatic N) is 1. The summed E-state index contributed by atoms with van der Waals surface area (Å²) >= 11 is 4.96. The molecular weight excluding hydrogens is 302 g/mol. The average molecular weight is 316 g/mol. The van der Waals surface area contributed by atoms with E-state index >= 15 is 0 Å². The van der Waals surface area contributed by atoms with Crippen molar-refractivity contribution in [1.29, 1.82) is 0 Å². The summed E-state index contributed by atoms with van der Waals surface area (Å²) in [4.78, 5) is 15.4. The van der Waals surface area contributed by atoms with Gasteiger partial charge in [-0.15, -0.1) is 0 Å². The van der Waals surface area contributed by atoms with Gasteiger partial charge in [0.05, 0.1) is 17.7 Å². The fourth-order valence-corrected chi connectivity index (χ4v) is 3.50. The van der Waals surface area contributed by atoms with Gasteiger partial charge in [0.25, 0.3) is 0 Å². The van der Waals surface area contributed by atoms with Crippen LogP contribution in [0.2, 0.25) is 5.02 Å². The van der Waals surface area contributed by atoms with E-state index in [-0.39, 0.29) is 16.3 Å². The van der Waals surface area contributed by atoms with E-state index in [1.165, 1.54) is 19.2 Å². The standard InChI is InChI=1S/C13H14ClNO4S/c1-19-9-6-5-8(13(16)17)11(14)12(9)15-10-4-2-3-7-20(10)18/h5-6H,2-4,7H2,1H3,(H,16,17). The van der Waals surface area contributed by atoms with Gasteiger partial charge in [-0.2, -0.15) is 0 Å². The van der Waals surface area contributed by atoms with E-state index in [0.29, 0.717) is 23.0 Å². The highest BCUT2D eigenvalue weighted by atomic mass is 35.5. The minimum atomic E-state index is -1.14. The van der Waals surface area contributed by atoms with Gasteiger partial charge in [0, 0.05) is 17.6 Å². The number of hydrogen-bond donors (Lipinski definition) is 1. The average Bonchev–Trinajstić information content (AvgIpc) is 2.42. The lowest BCUT2D eigenvalue weighted by molar-refractivity contribution is 0.0697. The molecule has 108 valence electrons. The number of aromatic carboxylic acids is 1. The van der Waals surface area contributed by atoms with Crippen LogP contribution in [0, 0.1) is 0 Å². The number of carboxylic acid groups (broad SMARTS) is 1. The van der Waals surface area contributed by atoms with Crippen LogP contribution in [0.25, 0.3) is 0 Å². The smallest absolute Gasteiger partial charge is 0.337 e. The number of halogens is 1. The van der Waals surface area contributed by atoms with Gasteiger partial charge in [0.15, 0.2) is 0 Å². The lowest BCUT2D eigenvalue weighted by atomic mass is 10.2. The van der Waals surface area contributed by atoms with Crippen molar-refractivity contribution in [2.75, 3.05) is 12.9 Å². The van der Waals surface area contributed by atoms with Crippen LogP contribution in [0.5, 0.6) is 5.75 Å².